The van der Waals surface area contributed by atoms with Gasteiger partial charge < -0.3 is 13.7 Å². The topological polar surface area (TPSA) is 53.5 Å². The van der Waals surface area contributed by atoms with Gasteiger partial charge in [-0.3, -0.25) is 0 Å². The number of nitrogens with zero attached hydrogens (tertiary/aromatic N) is 6. The molecule has 0 aliphatic heterocycles. The molecule has 0 unspecified atom stereocenters. The Balaban J connectivity index is 1.10. The molecule has 0 spiro atoms. The summed E-state index contributed by atoms with van der Waals surface area (Å²) in [5, 5.41) is 7.24. The molecule has 0 bridgehead atoms. The molecule has 6 heteroatoms. The summed E-state index contributed by atoms with van der Waals surface area (Å²) in [5.74, 6) is 1.90. The first-order valence-electron chi connectivity index (χ1n) is 30.0. The Labute approximate surface area is 499 Å². The van der Waals surface area contributed by atoms with Crippen molar-refractivity contribution in [3.05, 3.63) is 241 Å². The first-order chi connectivity index (χ1) is 40.7. The molecule has 0 N–H and O–H groups in total. The first-order valence-corrected chi connectivity index (χ1v) is 30.0. The SMILES string of the molecule is CC(C)(C)c1cc(-c2nc(-c3cc(C(C)(C)C)cc(C(C)(C)C)c3)nc(-c3ccc(-n4c5ccccc5c5cc6c7ccccc7n(-c7ccccc7)c6cc54)c(-c4ccccc4-n4c5ccccc5c5ccccc54)c3)n2)cc(C(C)(C)C)c1. The Morgan fingerprint density at radius 1 is 0.247 bits per heavy atom. The predicted molar refractivity (Wildman–Crippen MR) is 359 cm³/mol. The summed E-state index contributed by atoms with van der Waals surface area (Å²) in [7, 11) is 0. The van der Waals surface area contributed by atoms with Crippen molar-refractivity contribution in [1.29, 1.82) is 0 Å². The second-order valence-corrected chi connectivity index (χ2v) is 27.5. The zero-order valence-corrected chi connectivity index (χ0v) is 51.0. The number of para-hydroxylation sites is 6. The van der Waals surface area contributed by atoms with E-state index in [1.807, 2.05) is 0 Å². The van der Waals surface area contributed by atoms with Gasteiger partial charge in [0.05, 0.1) is 44.5 Å². The molecule has 14 aromatic rings. The summed E-state index contributed by atoms with van der Waals surface area (Å²) in [6, 6.07) is 80.7. The van der Waals surface area contributed by atoms with Crippen molar-refractivity contribution in [3.8, 4) is 62.4 Å². The lowest BCUT2D eigenvalue weighted by molar-refractivity contribution is 0.568. The summed E-state index contributed by atoms with van der Waals surface area (Å²) in [6.07, 6.45) is 0. The molecule has 0 atom stereocenters. The first kappa shape index (κ1) is 53.6. The summed E-state index contributed by atoms with van der Waals surface area (Å²) < 4.78 is 7.38. The van der Waals surface area contributed by atoms with Crippen LogP contribution >= 0.6 is 0 Å². The van der Waals surface area contributed by atoms with Crippen LogP contribution in [-0.2, 0) is 21.7 Å². The van der Waals surface area contributed by atoms with Crippen LogP contribution < -0.4 is 0 Å². The zero-order valence-electron chi connectivity index (χ0n) is 51.0. The van der Waals surface area contributed by atoms with Crippen LogP contribution in [0.3, 0.4) is 0 Å². The fourth-order valence-electron chi connectivity index (χ4n) is 12.7. The minimum absolute atomic E-state index is 0.122. The van der Waals surface area contributed by atoms with Crippen LogP contribution in [0.15, 0.2) is 218 Å². The van der Waals surface area contributed by atoms with Crippen LogP contribution in [0, 0.1) is 0 Å². The molecule has 0 saturated carbocycles. The number of rotatable bonds is 7. The largest absolute Gasteiger partial charge is 0.309 e. The van der Waals surface area contributed by atoms with Gasteiger partial charge >= 0.3 is 0 Å². The maximum atomic E-state index is 5.63. The van der Waals surface area contributed by atoms with Gasteiger partial charge in [0.25, 0.3) is 0 Å². The van der Waals surface area contributed by atoms with E-state index in [1.165, 1.54) is 60.1 Å². The summed E-state index contributed by atoms with van der Waals surface area (Å²) in [5.41, 5.74) is 19.5. The standard InChI is InChI=1S/C79H72N6/c1-76(2,3)52-40-50(41-53(45-52)77(4,5)6)74-80-73(81-75(82-74)51-42-54(78(7,8)9)46-55(43-51)79(10,11)12)49-38-39-70(62(44-49)59-30-19-24-36-68(59)84-66-34-22-16-28-57(66)58-29-17-23-35-67(58)84)85-69-37-25-20-32-61(69)64-47-63-60-31-18-21-33-65(60)83(71(63)48-72(64)85)56-26-14-13-15-27-56/h13-48H,1-12H3. The van der Waals surface area contributed by atoms with Crippen LogP contribution in [0.25, 0.3) is 128 Å². The van der Waals surface area contributed by atoms with Gasteiger partial charge in [0, 0.05) is 65.8 Å². The van der Waals surface area contributed by atoms with Gasteiger partial charge in [-0.1, -0.05) is 204 Å². The molecule has 418 valence electrons. The second kappa shape index (κ2) is 19.6. The fraction of sp³-hybridized carbons (Fsp3) is 0.203. The third-order valence-corrected chi connectivity index (χ3v) is 17.5. The van der Waals surface area contributed by atoms with Gasteiger partial charge in [-0.2, -0.15) is 0 Å². The van der Waals surface area contributed by atoms with Gasteiger partial charge in [0.1, 0.15) is 0 Å². The summed E-state index contributed by atoms with van der Waals surface area (Å²) >= 11 is 0. The lowest BCUT2D eigenvalue weighted by atomic mass is 9.79. The van der Waals surface area contributed by atoms with Crippen LogP contribution in [-0.4, -0.2) is 28.7 Å². The van der Waals surface area contributed by atoms with Crippen molar-refractivity contribution in [2.75, 3.05) is 0 Å². The predicted octanol–water partition coefficient (Wildman–Crippen LogP) is 21.0. The number of aromatic nitrogens is 6. The quantitative estimate of drug-likeness (QED) is 0.160. The minimum Gasteiger partial charge on any atom is -0.309 e. The number of hydrogen-bond acceptors (Lipinski definition) is 3. The van der Waals surface area contributed by atoms with Crippen molar-refractivity contribution < 1.29 is 0 Å². The van der Waals surface area contributed by atoms with E-state index in [-0.39, 0.29) is 21.7 Å². The van der Waals surface area contributed by atoms with Gasteiger partial charge in [0.2, 0.25) is 0 Å². The van der Waals surface area contributed by atoms with E-state index in [0.29, 0.717) is 17.5 Å². The lowest BCUT2D eigenvalue weighted by Crippen LogP contribution is -2.17. The molecule has 0 aliphatic carbocycles. The van der Waals surface area contributed by atoms with Crippen LogP contribution in [0.1, 0.15) is 105 Å². The van der Waals surface area contributed by atoms with E-state index in [9.17, 15) is 0 Å². The van der Waals surface area contributed by atoms with Gasteiger partial charge in [0.15, 0.2) is 17.5 Å². The highest BCUT2D eigenvalue weighted by molar-refractivity contribution is 6.19. The molecular weight excluding hydrogens is 1030 g/mol. The summed E-state index contributed by atoms with van der Waals surface area (Å²) in [6.45, 7) is 27.5. The van der Waals surface area contributed by atoms with Crippen molar-refractivity contribution >= 4 is 65.4 Å². The van der Waals surface area contributed by atoms with Gasteiger partial charge in [-0.05, 0) is 141 Å². The Bertz CT molecular complexity index is 4770. The van der Waals surface area contributed by atoms with E-state index in [4.69, 9.17) is 15.0 Å². The molecule has 0 radical (unpaired) electrons. The van der Waals surface area contributed by atoms with Crippen LogP contribution in [0.4, 0.5) is 0 Å². The Hall–Kier alpha value is -9.39. The molecule has 14 rings (SSSR count). The number of benzene rings is 10. The fourth-order valence-corrected chi connectivity index (χ4v) is 12.7. The molecule has 0 saturated heterocycles. The third-order valence-electron chi connectivity index (χ3n) is 17.5. The second-order valence-electron chi connectivity index (χ2n) is 27.5. The van der Waals surface area contributed by atoms with Crippen molar-refractivity contribution in [1.82, 2.24) is 28.7 Å². The lowest BCUT2D eigenvalue weighted by Gasteiger charge is -2.26. The highest BCUT2D eigenvalue weighted by Crippen LogP contribution is 2.45. The molecular formula is C79H72N6. The molecule has 10 aromatic carbocycles. The minimum atomic E-state index is -0.122. The van der Waals surface area contributed by atoms with Crippen molar-refractivity contribution in [2.24, 2.45) is 0 Å². The molecule has 6 nitrogen and oxygen atoms in total. The highest BCUT2D eigenvalue weighted by Gasteiger charge is 2.28. The highest BCUT2D eigenvalue weighted by atomic mass is 15.0. The van der Waals surface area contributed by atoms with Crippen molar-refractivity contribution in [3.63, 3.8) is 0 Å². The summed E-state index contributed by atoms with van der Waals surface area (Å²) in [4.78, 5) is 16.8. The van der Waals surface area contributed by atoms with Crippen LogP contribution in [0.2, 0.25) is 0 Å². The molecule has 4 aromatic heterocycles. The van der Waals surface area contributed by atoms with E-state index < -0.39 is 0 Å². The normalized spacial score (nSPS) is 12.7. The Kier molecular flexibility index (Phi) is 12.4. The van der Waals surface area contributed by atoms with E-state index in [1.54, 1.807) is 0 Å². The average Bonchev–Trinajstić information content (AvgIpc) is 1.95. The zero-order chi connectivity index (χ0) is 58.9. The number of fused-ring (bicyclic) bond motifs is 9. The monoisotopic (exact) mass is 1100 g/mol. The molecule has 4 heterocycles. The van der Waals surface area contributed by atoms with E-state index >= 15 is 0 Å². The van der Waals surface area contributed by atoms with Crippen LogP contribution in [0.5, 0.6) is 0 Å². The molecule has 0 aliphatic rings. The average molecular weight is 1110 g/mol. The van der Waals surface area contributed by atoms with Gasteiger partial charge in [-0.15, -0.1) is 0 Å². The molecule has 0 amide bonds. The Morgan fingerprint density at radius 3 is 1.06 bits per heavy atom. The molecule has 0 fully saturated rings. The van der Waals surface area contributed by atoms with Gasteiger partial charge in [-0.25, -0.2) is 15.0 Å². The van der Waals surface area contributed by atoms with Crippen molar-refractivity contribution in [2.45, 2.75) is 105 Å². The molecule has 85 heavy (non-hydrogen) atoms. The third kappa shape index (κ3) is 9.21. The smallest absolute Gasteiger partial charge is 0.164 e. The maximum absolute atomic E-state index is 5.63. The Morgan fingerprint density at radius 2 is 0.600 bits per heavy atom. The van der Waals surface area contributed by atoms with E-state index in [0.717, 1.165) is 72.5 Å². The van der Waals surface area contributed by atoms with E-state index in [2.05, 4.69) is 315 Å². The number of hydrogen-bond donors (Lipinski definition) is 0. The maximum Gasteiger partial charge on any atom is 0.164 e.